The lowest BCUT2D eigenvalue weighted by Crippen LogP contribution is -2.30. The molecule has 1 heterocycles. The minimum atomic E-state index is -0.385. The van der Waals surface area contributed by atoms with Gasteiger partial charge in [0, 0.05) is 13.1 Å². The van der Waals surface area contributed by atoms with Gasteiger partial charge in [0.2, 0.25) is 11.1 Å². The fourth-order valence-corrected chi connectivity index (χ4v) is 2.99. The van der Waals surface area contributed by atoms with E-state index in [0.717, 1.165) is 5.56 Å². The largest absolute Gasteiger partial charge is 0.465 e. The first-order valence-electron chi connectivity index (χ1n) is 8.28. The Morgan fingerprint density at radius 3 is 2.54 bits per heavy atom. The Balaban J connectivity index is 1.87. The van der Waals surface area contributed by atoms with E-state index in [4.69, 9.17) is 0 Å². The van der Waals surface area contributed by atoms with Crippen molar-refractivity contribution in [3.8, 4) is 0 Å². The number of hydrogen-bond acceptors (Lipinski definition) is 7. The van der Waals surface area contributed by atoms with E-state index in [9.17, 15) is 9.59 Å². The molecule has 2 rings (SSSR count). The van der Waals surface area contributed by atoms with Gasteiger partial charge in [-0.25, -0.2) is 9.48 Å². The fraction of sp³-hybridized carbons (Fsp3) is 0.471. The molecule has 0 aliphatic carbocycles. The molecule has 1 atom stereocenters. The van der Waals surface area contributed by atoms with Gasteiger partial charge in [-0.3, -0.25) is 4.79 Å². The number of methoxy groups -OCH3 is 1. The van der Waals surface area contributed by atoms with Crippen LogP contribution in [0.15, 0.2) is 29.4 Å². The Bertz CT molecular complexity index is 745. The molecule has 1 unspecified atom stereocenters. The Morgan fingerprint density at radius 2 is 1.92 bits per heavy atom. The lowest BCUT2D eigenvalue weighted by Gasteiger charge is -2.12. The quantitative estimate of drug-likeness (QED) is 0.554. The number of nitrogens with zero attached hydrogens (tertiary/aromatic N) is 4. The van der Waals surface area contributed by atoms with Crippen LogP contribution in [0.2, 0.25) is 0 Å². The average Bonchev–Trinajstić information content (AvgIpc) is 3.05. The molecular formula is C17H23N5O3S. The van der Waals surface area contributed by atoms with Crippen LogP contribution in [-0.2, 0) is 22.6 Å². The van der Waals surface area contributed by atoms with Crippen molar-refractivity contribution >= 4 is 23.6 Å². The molecule has 0 saturated heterocycles. The standard InChI is InChI=1S/C17H23N5O3S/c1-11(2)10-22-17(19-20-21-22)26-12(3)15(23)18-9-13-5-7-14(8-6-13)16(24)25-4/h5-8,11-12H,9-10H2,1-4H3,(H,18,23). The van der Waals surface area contributed by atoms with Gasteiger partial charge < -0.3 is 10.1 Å². The van der Waals surface area contributed by atoms with E-state index < -0.39 is 0 Å². The first kappa shape index (κ1) is 19.9. The van der Waals surface area contributed by atoms with Crippen LogP contribution < -0.4 is 5.32 Å². The highest BCUT2D eigenvalue weighted by Crippen LogP contribution is 2.21. The molecule has 26 heavy (non-hydrogen) atoms. The van der Waals surface area contributed by atoms with Crippen LogP contribution in [0.25, 0.3) is 0 Å². The molecule has 140 valence electrons. The van der Waals surface area contributed by atoms with E-state index in [1.54, 1.807) is 28.9 Å². The molecule has 9 heteroatoms. The SMILES string of the molecule is COC(=O)c1ccc(CNC(=O)C(C)Sc2nnnn2CC(C)C)cc1. The molecule has 0 radical (unpaired) electrons. The number of hydrogen-bond donors (Lipinski definition) is 1. The molecule has 0 saturated carbocycles. The van der Waals surface area contributed by atoms with Gasteiger partial charge in [-0.2, -0.15) is 0 Å². The van der Waals surface area contributed by atoms with E-state index >= 15 is 0 Å². The number of rotatable bonds is 8. The normalized spacial score (nSPS) is 12.0. The van der Waals surface area contributed by atoms with Crippen molar-refractivity contribution in [3.63, 3.8) is 0 Å². The van der Waals surface area contributed by atoms with Crippen molar-refractivity contribution in [2.24, 2.45) is 5.92 Å². The van der Waals surface area contributed by atoms with Crippen molar-refractivity contribution in [2.75, 3.05) is 7.11 Å². The summed E-state index contributed by atoms with van der Waals surface area (Å²) in [4.78, 5) is 23.7. The van der Waals surface area contributed by atoms with Crippen molar-refractivity contribution in [2.45, 2.75) is 44.3 Å². The first-order chi connectivity index (χ1) is 12.4. The molecule has 1 aromatic carbocycles. The zero-order chi connectivity index (χ0) is 19.1. The van der Waals surface area contributed by atoms with Gasteiger partial charge in [0.25, 0.3) is 0 Å². The van der Waals surface area contributed by atoms with Crippen LogP contribution in [0.4, 0.5) is 0 Å². The molecule has 0 aliphatic rings. The maximum absolute atomic E-state index is 12.3. The third-order valence-corrected chi connectivity index (χ3v) is 4.60. The second-order valence-corrected chi connectivity index (χ2v) is 7.51. The number of amides is 1. The Morgan fingerprint density at radius 1 is 1.23 bits per heavy atom. The van der Waals surface area contributed by atoms with Gasteiger partial charge in [-0.1, -0.05) is 37.7 Å². The summed E-state index contributed by atoms with van der Waals surface area (Å²) in [6, 6.07) is 6.91. The number of aromatic nitrogens is 4. The lowest BCUT2D eigenvalue weighted by atomic mass is 10.1. The average molecular weight is 377 g/mol. The molecular weight excluding hydrogens is 354 g/mol. The van der Waals surface area contributed by atoms with E-state index in [1.807, 2.05) is 6.92 Å². The minimum Gasteiger partial charge on any atom is -0.465 e. The molecule has 0 fully saturated rings. The number of thioether (sulfide) groups is 1. The van der Waals surface area contributed by atoms with Gasteiger partial charge in [0.1, 0.15) is 0 Å². The molecule has 0 bridgehead atoms. The highest BCUT2D eigenvalue weighted by atomic mass is 32.2. The van der Waals surface area contributed by atoms with E-state index in [1.165, 1.54) is 18.9 Å². The molecule has 0 spiro atoms. The van der Waals surface area contributed by atoms with Gasteiger partial charge in [-0.15, -0.1) is 5.10 Å². The van der Waals surface area contributed by atoms with Crippen molar-refractivity contribution in [1.82, 2.24) is 25.5 Å². The smallest absolute Gasteiger partial charge is 0.337 e. The number of esters is 1. The maximum atomic E-state index is 12.3. The summed E-state index contributed by atoms with van der Waals surface area (Å²) in [7, 11) is 1.34. The fourth-order valence-electron chi connectivity index (χ4n) is 2.16. The molecule has 1 N–H and O–H groups in total. The Hall–Kier alpha value is -2.42. The second-order valence-electron chi connectivity index (χ2n) is 6.20. The number of ether oxygens (including phenoxy) is 1. The van der Waals surface area contributed by atoms with Crippen LogP contribution in [0.5, 0.6) is 0 Å². The molecule has 1 aromatic heterocycles. The highest BCUT2D eigenvalue weighted by molar-refractivity contribution is 8.00. The van der Waals surface area contributed by atoms with Crippen LogP contribution >= 0.6 is 11.8 Å². The third-order valence-electron chi connectivity index (χ3n) is 3.53. The van der Waals surface area contributed by atoms with Gasteiger partial charge in [0.05, 0.1) is 17.9 Å². The van der Waals surface area contributed by atoms with Crippen molar-refractivity contribution in [1.29, 1.82) is 0 Å². The summed E-state index contributed by atoms with van der Waals surface area (Å²) in [5.74, 6) is -0.0780. The van der Waals surface area contributed by atoms with Crippen LogP contribution in [0.3, 0.4) is 0 Å². The number of nitrogens with one attached hydrogen (secondary N) is 1. The summed E-state index contributed by atoms with van der Waals surface area (Å²) in [5, 5.41) is 14.8. The van der Waals surface area contributed by atoms with Gasteiger partial charge >= 0.3 is 5.97 Å². The van der Waals surface area contributed by atoms with Crippen LogP contribution in [0.1, 0.15) is 36.7 Å². The minimum absolute atomic E-state index is 0.105. The first-order valence-corrected chi connectivity index (χ1v) is 9.16. The topological polar surface area (TPSA) is 99.0 Å². The summed E-state index contributed by atoms with van der Waals surface area (Å²) in [6.07, 6.45) is 0. The zero-order valence-electron chi connectivity index (χ0n) is 15.3. The molecule has 8 nitrogen and oxygen atoms in total. The van der Waals surface area contributed by atoms with Gasteiger partial charge in [0.15, 0.2) is 0 Å². The van der Waals surface area contributed by atoms with Crippen LogP contribution in [-0.4, -0.2) is 44.4 Å². The zero-order valence-corrected chi connectivity index (χ0v) is 16.1. The molecule has 2 aromatic rings. The lowest BCUT2D eigenvalue weighted by molar-refractivity contribution is -0.120. The predicted octanol–water partition coefficient (Wildman–Crippen LogP) is 1.91. The maximum Gasteiger partial charge on any atom is 0.337 e. The summed E-state index contributed by atoms with van der Waals surface area (Å²) < 4.78 is 6.37. The Labute approximate surface area is 156 Å². The van der Waals surface area contributed by atoms with Gasteiger partial charge in [-0.05, 0) is 41.0 Å². The monoisotopic (exact) mass is 377 g/mol. The summed E-state index contributed by atoms with van der Waals surface area (Å²) in [6.45, 7) is 7.06. The van der Waals surface area contributed by atoms with Crippen molar-refractivity contribution in [3.05, 3.63) is 35.4 Å². The number of benzene rings is 1. The molecule has 0 aliphatic heterocycles. The van der Waals surface area contributed by atoms with E-state index in [2.05, 4.69) is 39.4 Å². The molecule has 1 amide bonds. The Kier molecular flexibility index (Phi) is 7.14. The third kappa shape index (κ3) is 5.55. The second kappa shape index (κ2) is 9.33. The van der Waals surface area contributed by atoms with E-state index in [-0.39, 0.29) is 17.1 Å². The number of carbonyl (C=O) groups is 2. The van der Waals surface area contributed by atoms with E-state index in [0.29, 0.717) is 29.7 Å². The van der Waals surface area contributed by atoms with Crippen LogP contribution in [0, 0.1) is 5.92 Å². The summed E-state index contributed by atoms with van der Waals surface area (Å²) >= 11 is 1.33. The number of carbonyl (C=O) groups excluding carboxylic acids is 2. The summed E-state index contributed by atoms with van der Waals surface area (Å²) in [5.41, 5.74) is 1.37. The number of tetrazole rings is 1. The predicted molar refractivity (Wildman–Crippen MR) is 97.6 cm³/mol. The van der Waals surface area contributed by atoms with Crippen molar-refractivity contribution < 1.29 is 14.3 Å². The highest BCUT2D eigenvalue weighted by Gasteiger charge is 2.18.